The number of anilines is 2. The van der Waals surface area contributed by atoms with E-state index in [-0.39, 0.29) is 18.0 Å². The Labute approximate surface area is 276 Å². The molecule has 7 rings (SSSR count). The first-order valence-electron chi connectivity index (χ1n) is 16.2. The summed E-state index contributed by atoms with van der Waals surface area (Å²) in [6.07, 6.45) is 4.05. The van der Waals surface area contributed by atoms with Crippen LogP contribution in [-0.4, -0.2) is 62.8 Å². The number of fused-ring (bicyclic) bond motifs is 3. The number of rotatable bonds is 4. The molecule has 0 unspecified atom stereocenters. The van der Waals surface area contributed by atoms with Crippen LogP contribution in [-0.2, 0) is 37.4 Å². The average molecular weight is 658 g/mol. The quantitative estimate of drug-likeness (QED) is 0.387. The van der Waals surface area contributed by atoms with Gasteiger partial charge in [-0.25, -0.2) is 18.6 Å². The third-order valence-electron chi connectivity index (χ3n) is 10.00. The van der Waals surface area contributed by atoms with Crippen LogP contribution in [0.15, 0.2) is 54.7 Å². The highest BCUT2D eigenvalue weighted by molar-refractivity contribution is 6.06. The van der Waals surface area contributed by atoms with Gasteiger partial charge in [0, 0.05) is 30.1 Å². The number of hydrogen-bond acceptors (Lipinski definition) is 6. The zero-order valence-corrected chi connectivity index (χ0v) is 27.1. The molecule has 250 valence electrons. The van der Waals surface area contributed by atoms with Crippen LogP contribution in [0.4, 0.5) is 25.1 Å². The molecule has 10 nitrogen and oxygen atoms in total. The summed E-state index contributed by atoms with van der Waals surface area (Å²) < 4.78 is 34.7. The van der Waals surface area contributed by atoms with Gasteiger partial charge in [0.15, 0.2) is 0 Å². The van der Waals surface area contributed by atoms with E-state index in [0.717, 1.165) is 34.9 Å². The second-order valence-electron chi connectivity index (χ2n) is 14.3. The van der Waals surface area contributed by atoms with Crippen molar-refractivity contribution in [3.05, 3.63) is 88.6 Å². The molecule has 2 aliphatic heterocycles. The fourth-order valence-corrected chi connectivity index (χ4v) is 7.92. The number of piperazine rings is 1. The Balaban J connectivity index is 1.16. The van der Waals surface area contributed by atoms with Gasteiger partial charge in [-0.1, -0.05) is 25.0 Å². The lowest BCUT2D eigenvalue weighted by Crippen LogP contribution is -2.68. The maximum absolute atomic E-state index is 14.5. The monoisotopic (exact) mass is 657 g/mol. The Morgan fingerprint density at radius 2 is 1.73 bits per heavy atom. The molecule has 1 saturated heterocycles. The first-order chi connectivity index (χ1) is 22.8. The Hall–Kier alpha value is -4.87. The van der Waals surface area contributed by atoms with Gasteiger partial charge in [0.05, 0.1) is 11.5 Å². The van der Waals surface area contributed by atoms with Crippen LogP contribution in [0.1, 0.15) is 74.8 Å². The van der Waals surface area contributed by atoms with E-state index in [1.165, 1.54) is 9.80 Å². The molecular weight excluding hydrogens is 620 g/mol. The number of carbonyl (C=O) groups is 4. The largest absolute Gasteiger partial charge is 0.444 e. The van der Waals surface area contributed by atoms with Crippen molar-refractivity contribution in [2.45, 2.75) is 81.9 Å². The molecule has 3 aromatic rings. The van der Waals surface area contributed by atoms with Crippen molar-refractivity contribution in [1.29, 1.82) is 0 Å². The predicted octanol–water partition coefficient (Wildman–Crippen LogP) is 5.42. The summed E-state index contributed by atoms with van der Waals surface area (Å²) in [6, 6.07) is 11.2. The standard InChI is InChI=1S/C36H37F2N5O5/c1-34(2,3)48-33(47)43-19-28(22-13-24(37)16-25(38)14-22)42(32(46)36(43)10-4-5-11-36)20-29(44)40-26-9-8-21-17-35(18-23(21)15-26)27-7-6-12-39-30(27)41-31(35)45/h6-9,12-16,28H,4-5,10-11,17-20H2,1-3H3,(H,40,44)(H,39,41,45)/t28-,35-/m1/s1. The fourth-order valence-electron chi connectivity index (χ4n) is 7.92. The Morgan fingerprint density at radius 1 is 1.02 bits per heavy atom. The SMILES string of the molecule is CC(C)(C)OC(=O)N1C[C@H](c2cc(F)cc(F)c2)N(CC(=O)Nc2ccc3c(c2)C[C@@]2(C3)C(=O)Nc3ncccc32)C(=O)C12CCCC2. The highest BCUT2D eigenvalue weighted by atomic mass is 19.1. The lowest BCUT2D eigenvalue weighted by atomic mass is 9.79. The van der Waals surface area contributed by atoms with Gasteiger partial charge in [-0.2, -0.15) is 0 Å². The van der Waals surface area contributed by atoms with E-state index in [4.69, 9.17) is 4.74 Å². The van der Waals surface area contributed by atoms with Crippen molar-refractivity contribution in [2.24, 2.45) is 0 Å². The number of ether oxygens (including phenoxy) is 1. The Bertz CT molecular complexity index is 1830. The number of nitrogens with zero attached hydrogens (tertiary/aromatic N) is 3. The smallest absolute Gasteiger partial charge is 0.411 e. The van der Waals surface area contributed by atoms with E-state index in [0.29, 0.717) is 50.0 Å². The summed E-state index contributed by atoms with van der Waals surface area (Å²) in [5.41, 5.74) is 0.532. The molecule has 12 heteroatoms. The summed E-state index contributed by atoms with van der Waals surface area (Å²) in [6.45, 7) is 4.67. The molecule has 2 aliphatic carbocycles. The molecule has 3 heterocycles. The van der Waals surface area contributed by atoms with Crippen LogP contribution in [0.25, 0.3) is 0 Å². The molecule has 2 N–H and O–H groups in total. The van der Waals surface area contributed by atoms with Crippen molar-refractivity contribution in [3.8, 4) is 0 Å². The molecule has 2 spiro atoms. The molecule has 1 saturated carbocycles. The van der Waals surface area contributed by atoms with Gasteiger partial charge in [0.25, 0.3) is 0 Å². The van der Waals surface area contributed by atoms with E-state index in [2.05, 4.69) is 15.6 Å². The minimum absolute atomic E-state index is 0.101. The predicted molar refractivity (Wildman–Crippen MR) is 172 cm³/mol. The minimum atomic E-state index is -1.24. The number of carbonyl (C=O) groups excluding carboxylic acids is 4. The van der Waals surface area contributed by atoms with E-state index in [1.807, 2.05) is 24.3 Å². The lowest BCUT2D eigenvalue weighted by Gasteiger charge is -2.51. The second-order valence-corrected chi connectivity index (χ2v) is 14.3. The first kappa shape index (κ1) is 31.7. The molecule has 1 aromatic heterocycles. The Kier molecular flexibility index (Phi) is 7.52. The normalized spacial score (nSPS) is 22.6. The average Bonchev–Trinajstić information content (AvgIpc) is 3.71. The number of halogens is 2. The molecular formula is C36H37F2N5O5. The van der Waals surface area contributed by atoms with Crippen LogP contribution in [0, 0.1) is 11.6 Å². The van der Waals surface area contributed by atoms with Gasteiger partial charge in [-0.3, -0.25) is 19.3 Å². The zero-order valence-electron chi connectivity index (χ0n) is 27.1. The minimum Gasteiger partial charge on any atom is -0.444 e. The fraction of sp³-hybridized carbons (Fsp3) is 0.417. The van der Waals surface area contributed by atoms with Crippen molar-refractivity contribution in [3.63, 3.8) is 0 Å². The number of aromatic nitrogens is 1. The van der Waals surface area contributed by atoms with Gasteiger partial charge in [0.2, 0.25) is 17.7 Å². The second kappa shape index (κ2) is 11.4. The summed E-state index contributed by atoms with van der Waals surface area (Å²) in [4.78, 5) is 61.9. The van der Waals surface area contributed by atoms with Crippen LogP contribution in [0.2, 0.25) is 0 Å². The van der Waals surface area contributed by atoms with E-state index in [9.17, 15) is 28.0 Å². The molecule has 2 fully saturated rings. The molecule has 4 aliphatic rings. The third-order valence-corrected chi connectivity index (χ3v) is 10.00. The summed E-state index contributed by atoms with van der Waals surface area (Å²) in [7, 11) is 0. The van der Waals surface area contributed by atoms with Crippen LogP contribution in [0.3, 0.4) is 0 Å². The molecule has 0 bridgehead atoms. The molecule has 2 aromatic carbocycles. The van der Waals surface area contributed by atoms with Crippen LogP contribution < -0.4 is 10.6 Å². The number of benzene rings is 2. The molecule has 48 heavy (non-hydrogen) atoms. The molecule has 2 atom stereocenters. The van der Waals surface area contributed by atoms with Gasteiger partial charge in [0.1, 0.15) is 35.1 Å². The van der Waals surface area contributed by atoms with Gasteiger partial charge in [-0.05, 0) is 93.5 Å². The highest BCUT2D eigenvalue weighted by Gasteiger charge is 2.57. The maximum atomic E-state index is 14.5. The summed E-state index contributed by atoms with van der Waals surface area (Å²) in [5.74, 6) is -2.19. The van der Waals surface area contributed by atoms with Crippen LogP contribution >= 0.6 is 0 Å². The van der Waals surface area contributed by atoms with Crippen molar-refractivity contribution >= 4 is 35.3 Å². The number of pyridine rings is 1. The van der Waals surface area contributed by atoms with Gasteiger partial charge < -0.3 is 20.3 Å². The van der Waals surface area contributed by atoms with Crippen molar-refractivity contribution < 1.29 is 32.7 Å². The number of nitrogens with one attached hydrogen (secondary N) is 2. The van der Waals surface area contributed by atoms with E-state index < -0.39 is 58.7 Å². The molecule has 0 radical (unpaired) electrons. The maximum Gasteiger partial charge on any atom is 0.411 e. The Morgan fingerprint density at radius 3 is 2.44 bits per heavy atom. The summed E-state index contributed by atoms with van der Waals surface area (Å²) in [5, 5.41) is 5.78. The van der Waals surface area contributed by atoms with E-state index in [1.54, 1.807) is 33.0 Å². The third kappa shape index (κ3) is 5.36. The van der Waals surface area contributed by atoms with Gasteiger partial charge >= 0.3 is 6.09 Å². The van der Waals surface area contributed by atoms with E-state index >= 15 is 0 Å². The number of amides is 4. The van der Waals surface area contributed by atoms with Gasteiger partial charge in [-0.15, -0.1) is 0 Å². The lowest BCUT2D eigenvalue weighted by molar-refractivity contribution is -0.157. The summed E-state index contributed by atoms with van der Waals surface area (Å²) >= 11 is 0. The number of hydrogen-bond donors (Lipinski definition) is 2. The molecule has 4 amide bonds. The first-order valence-corrected chi connectivity index (χ1v) is 16.2. The topological polar surface area (TPSA) is 121 Å². The highest BCUT2D eigenvalue weighted by Crippen LogP contribution is 2.47. The van der Waals surface area contributed by atoms with Crippen molar-refractivity contribution in [1.82, 2.24) is 14.8 Å². The van der Waals surface area contributed by atoms with Crippen molar-refractivity contribution in [2.75, 3.05) is 23.7 Å². The van der Waals surface area contributed by atoms with Crippen LogP contribution in [0.5, 0.6) is 0 Å². The zero-order chi connectivity index (χ0) is 34.0.